The summed E-state index contributed by atoms with van der Waals surface area (Å²) in [5.74, 6) is 0.491. The van der Waals surface area contributed by atoms with E-state index in [1.165, 1.54) is 29.8 Å². The Morgan fingerprint density at radius 1 is 1.38 bits per heavy atom. The first-order valence-corrected chi connectivity index (χ1v) is 9.17. The number of rotatable bonds is 7. The molecule has 0 unspecified atom stereocenters. The Balaban J connectivity index is 2.00. The molecule has 21 heavy (non-hydrogen) atoms. The summed E-state index contributed by atoms with van der Waals surface area (Å²) in [7, 11) is -1.76. The van der Waals surface area contributed by atoms with Gasteiger partial charge in [0.05, 0.1) is 6.20 Å². The summed E-state index contributed by atoms with van der Waals surface area (Å²) in [6, 6.07) is 0. The first kappa shape index (κ1) is 16.5. The second kappa shape index (κ2) is 7.38. The fourth-order valence-corrected chi connectivity index (χ4v) is 4.07. The summed E-state index contributed by atoms with van der Waals surface area (Å²) in [4.78, 5) is 0.276. The van der Waals surface area contributed by atoms with Gasteiger partial charge in [0.25, 0.3) is 0 Å². The molecular formula is C14H26N4O2S. The van der Waals surface area contributed by atoms with Crippen LogP contribution in [0.3, 0.4) is 0 Å². The molecule has 0 bridgehead atoms. The second-order valence-electron chi connectivity index (χ2n) is 5.87. The molecular weight excluding hydrogens is 288 g/mol. The van der Waals surface area contributed by atoms with Gasteiger partial charge < -0.3 is 5.73 Å². The van der Waals surface area contributed by atoms with Crippen LogP contribution < -0.4 is 5.73 Å². The van der Waals surface area contributed by atoms with Gasteiger partial charge >= 0.3 is 0 Å². The van der Waals surface area contributed by atoms with E-state index in [9.17, 15) is 8.42 Å². The maximum absolute atomic E-state index is 12.5. The van der Waals surface area contributed by atoms with Crippen LogP contribution in [0.15, 0.2) is 17.3 Å². The third kappa shape index (κ3) is 4.28. The van der Waals surface area contributed by atoms with Crippen molar-refractivity contribution in [3.05, 3.63) is 12.4 Å². The number of hydrogen-bond acceptors (Lipinski definition) is 4. The molecule has 0 aromatic carbocycles. The third-order valence-corrected chi connectivity index (χ3v) is 5.93. The van der Waals surface area contributed by atoms with Gasteiger partial charge in [-0.3, -0.25) is 4.68 Å². The summed E-state index contributed by atoms with van der Waals surface area (Å²) < 4.78 is 28.2. The van der Waals surface area contributed by atoms with Crippen molar-refractivity contribution in [2.45, 2.75) is 50.0 Å². The molecule has 1 fully saturated rings. The minimum absolute atomic E-state index is 0.276. The van der Waals surface area contributed by atoms with E-state index in [0.717, 1.165) is 19.3 Å². The molecule has 1 aliphatic rings. The van der Waals surface area contributed by atoms with Crippen LogP contribution in [0.1, 0.15) is 38.5 Å². The largest absolute Gasteiger partial charge is 0.330 e. The molecule has 1 saturated carbocycles. The molecule has 1 aromatic heterocycles. The van der Waals surface area contributed by atoms with Gasteiger partial charge in [0.2, 0.25) is 10.0 Å². The van der Waals surface area contributed by atoms with Crippen molar-refractivity contribution in [2.24, 2.45) is 11.7 Å². The first-order chi connectivity index (χ1) is 10.0. The summed E-state index contributed by atoms with van der Waals surface area (Å²) in [6.45, 7) is 1.83. The number of hydrogen-bond donors (Lipinski definition) is 1. The topological polar surface area (TPSA) is 81.2 Å². The van der Waals surface area contributed by atoms with Gasteiger partial charge in [-0.1, -0.05) is 19.3 Å². The Bertz CT molecular complexity index is 535. The SMILES string of the molecule is CN(CC1CCCCC1)S(=O)(=O)c1cnn(CCCN)c1. The van der Waals surface area contributed by atoms with Gasteiger partial charge in [-0.05, 0) is 31.7 Å². The number of sulfonamides is 1. The van der Waals surface area contributed by atoms with Crippen LogP contribution in [0, 0.1) is 5.92 Å². The molecule has 0 atom stereocenters. The van der Waals surface area contributed by atoms with Crippen molar-refractivity contribution < 1.29 is 8.42 Å². The quantitative estimate of drug-likeness (QED) is 0.825. The lowest BCUT2D eigenvalue weighted by Gasteiger charge is -2.26. The standard InChI is InChI=1S/C14H26N4O2S/c1-17(11-13-6-3-2-4-7-13)21(19,20)14-10-16-18(12-14)9-5-8-15/h10,12-13H,2-9,11,15H2,1H3. The van der Waals surface area contributed by atoms with Crippen LogP contribution in [-0.4, -0.2) is 42.6 Å². The zero-order chi connectivity index (χ0) is 15.3. The van der Waals surface area contributed by atoms with Gasteiger partial charge in [0.1, 0.15) is 4.90 Å². The zero-order valence-electron chi connectivity index (χ0n) is 12.7. The van der Waals surface area contributed by atoms with Crippen LogP contribution in [0.4, 0.5) is 0 Å². The van der Waals surface area contributed by atoms with Crippen molar-refractivity contribution in [1.82, 2.24) is 14.1 Å². The highest BCUT2D eigenvalue weighted by atomic mass is 32.2. The molecule has 7 heteroatoms. The van der Waals surface area contributed by atoms with Crippen molar-refractivity contribution in [2.75, 3.05) is 20.1 Å². The Morgan fingerprint density at radius 2 is 2.10 bits per heavy atom. The van der Waals surface area contributed by atoms with Crippen LogP contribution >= 0.6 is 0 Å². The van der Waals surface area contributed by atoms with Gasteiger partial charge in [-0.2, -0.15) is 5.10 Å². The van der Waals surface area contributed by atoms with Crippen molar-refractivity contribution in [3.63, 3.8) is 0 Å². The Kier molecular flexibility index (Phi) is 5.78. The Labute approximate surface area is 127 Å². The molecule has 0 aliphatic heterocycles. The molecule has 120 valence electrons. The second-order valence-corrected chi connectivity index (χ2v) is 7.92. The lowest BCUT2D eigenvalue weighted by Crippen LogP contribution is -2.32. The van der Waals surface area contributed by atoms with E-state index < -0.39 is 10.0 Å². The molecule has 0 amide bonds. The van der Waals surface area contributed by atoms with Crippen molar-refractivity contribution in [1.29, 1.82) is 0 Å². The van der Waals surface area contributed by atoms with Gasteiger partial charge in [-0.15, -0.1) is 0 Å². The van der Waals surface area contributed by atoms with Crippen LogP contribution in [0.5, 0.6) is 0 Å². The number of nitrogens with two attached hydrogens (primary N) is 1. The average molecular weight is 314 g/mol. The molecule has 0 spiro atoms. The van der Waals surface area contributed by atoms with E-state index >= 15 is 0 Å². The molecule has 0 radical (unpaired) electrons. The predicted octanol–water partition coefficient (Wildman–Crippen LogP) is 1.43. The van der Waals surface area contributed by atoms with Crippen molar-refractivity contribution in [3.8, 4) is 0 Å². The van der Waals surface area contributed by atoms with Crippen LogP contribution in [-0.2, 0) is 16.6 Å². The zero-order valence-corrected chi connectivity index (χ0v) is 13.6. The fourth-order valence-electron chi connectivity index (χ4n) is 2.86. The number of aryl methyl sites for hydroxylation is 1. The van der Waals surface area contributed by atoms with Gasteiger partial charge in [0, 0.05) is 26.3 Å². The molecule has 2 rings (SSSR count). The predicted molar refractivity (Wildman–Crippen MR) is 82.3 cm³/mol. The molecule has 1 aliphatic carbocycles. The maximum Gasteiger partial charge on any atom is 0.245 e. The lowest BCUT2D eigenvalue weighted by molar-refractivity contribution is 0.300. The minimum atomic E-state index is -3.42. The molecule has 2 N–H and O–H groups in total. The highest BCUT2D eigenvalue weighted by molar-refractivity contribution is 7.89. The number of nitrogens with zero attached hydrogens (tertiary/aromatic N) is 3. The highest BCUT2D eigenvalue weighted by Crippen LogP contribution is 2.25. The maximum atomic E-state index is 12.5. The minimum Gasteiger partial charge on any atom is -0.330 e. The number of aromatic nitrogens is 2. The van der Waals surface area contributed by atoms with Gasteiger partial charge in [0.15, 0.2) is 0 Å². The van der Waals surface area contributed by atoms with E-state index in [4.69, 9.17) is 5.73 Å². The smallest absolute Gasteiger partial charge is 0.245 e. The fraction of sp³-hybridized carbons (Fsp3) is 0.786. The van der Waals surface area contributed by atoms with Crippen LogP contribution in [0.25, 0.3) is 0 Å². The normalized spacial score (nSPS) is 17.5. The van der Waals surface area contributed by atoms with Crippen LogP contribution in [0.2, 0.25) is 0 Å². The lowest BCUT2D eigenvalue weighted by atomic mass is 9.89. The van der Waals surface area contributed by atoms with E-state index in [-0.39, 0.29) is 4.90 Å². The highest BCUT2D eigenvalue weighted by Gasteiger charge is 2.25. The average Bonchev–Trinajstić information content (AvgIpc) is 2.95. The van der Waals surface area contributed by atoms with E-state index in [1.807, 2.05) is 0 Å². The summed E-state index contributed by atoms with van der Waals surface area (Å²) in [6.07, 6.45) is 9.81. The van der Waals surface area contributed by atoms with E-state index in [1.54, 1.807) is 17.9 Å². The molecule has 6 nitrogen and oxygen atoms in total. The molecule has 1 heterocycles. The van der Waals surface area contributed by atoms with Gasteiger partial charge in [-0.25, -0.2) is 12.7 Å². The molecule has 1 aromatic rings. The van der Waals surface area contributed by atoms with E-state index in [0.29, 0.717) is 25.6 Å². The molecule has 0 saturated heterocycles. The third-order valence-electron chi connectivity index (χ3n) is 4.15. The monoisotopic (exact) mass is 314 g/mol. The van der Waals surface area contributed by atoms with Crippen molar-refractivity contribution >= 4 is 10.0 Å². The summed E-state index contributed by atoms with van der Waals surface area (Å²) in [5.41, 5.74) is 5.45. The van der Waals surface area contributed by atoms with E-state index in [2.05, 4.69) is 5.10 Å². The summed E-state index contributed by atoms with van der Waals surface area (Å²) in [5, 5.41) is 4.10. The first-order valence-electron chi connectivity index (χ1n) is 7.73. The Morgan fingerprint density at radius 3 is 2.76 bits per heavy atom. The summed E-state index contributed by atoms with van der Waals surface area (Å²) >= 11 is 0. The Hall–Kier alpha value is -0.920.